The molecule has 0 aliphatic heterocycles. The summed E-state index contributed by atoms with van der Waals surface area (Å²) < 4.78 is 11.2. The average molecular weight is 404 g/mol. The Hall–Kier alpha value is -3.80. The summed E-state index contributed by atoms with van der Waals surface area (Å²) in [7, 11) is 0. The highest BCUT2D eigenvalue weighted by Gasteiger charge is 2.16. The summed E-state index contributed by atoms with van der Waals surface area (Å²) in [5, 5.41) is 5.59. The number of amides is 2. The third-order valence-electron chi connectivity index (χ3n) is 4.27. The highest BCUT2D eigenvalue weighted by atomic mass is 16.5. The van der Waals surface area contributed by atoms with E-state index in [4.69, 9.17) is 9.47 Å². The Morgan fingerprint density at radius 1 is 0.600 bits per heavy atom. The van der Waals surface area contributed by atoms with Gasteiger partial charge in [0.05, 0.1) is 0 Å². The highest BCUT2D eigenvalue weighted by molar-refractivity contribution is 5.96. The van der Waals surface area contributed by atoms with Gasteiger partial charge in [-0.3, -0.25) is 9.59 Å². The number of para-hydroxylation sites is 2. The van der Waals surface area contributed by atoms with Crippen LogP contribution >= 0.6 is 0 Å². The molecule has 0 bridgehead atoms. The Kier molecular flexibility index (Phi) is 7.05. The Morgan fingerprint density at radius 2 is 0.933 bits per heavy atom. The van der Waals surface area contributed by atoms with E-state index < -0.39 is 12.2 Å². The third kappa shape index (κ3) is 6.10. The van der Waals surface area contributed by atoms with Gasteiger partial charge in [0.1, 0.15) is 11.5 Å². The van der Waals surface area contributed by atoms with Crippen LogP contribution in [0.5, 0.6) is 11.5 Å². The lowest BCUT2D eigenvalue weighted by Crippen LogP contribution is -2.30. The first-order valence-corrected chi connectivity index (χ1v) is 9.66. The van der Waals surface area contributed by atoms with Crippen LogP contribution in [0, 0.1) is 0 Å². The van der Waals surface area contributed by atoms with Gasteiger partial charge in [0.15, 0.2) is 12.2 Å². The monoisotopic (exact) mass is 404 g/mol. The first kappa shape index (κ1) is 20.9. The SMILES string of the molecule is C[C@H](Oc1ccccc1)C(=O)Nc1ccc(NC(=O)[C@@H](C)Oc2ccccc2)cc1. The van der Waals surface area contributed by atoms with Crippen LogP contribution in [-0.2, 0) is 9.59 Å². The van der Waals surface area contributed by atoms with Crippen LogP contribution in [-0.4, -0.2) is 24.0 Å². The van der Waals surface area contributed by atoms with Crippen LogP contribution in [0.3, 0.4) is 0 Å². The summed E-state index contributed by atoms with van der Waals surface area (Å²) in [5.41, 5.74) is 1.21. The fraction of sp³-hybridized carbons (Fsp3) is 0.167. The van der Waals surface area contributed by atoms with E-state index in [1.165, 1.54) is 0 Å². The molecule has 3 aromatic carbocycles. The molecule has 6 nitrogen and oxygen atoms in total. The van der Waals surface area contributed by atoms with Crippen molar-refractivity contribution in [1.29, 1.82) is 0 Å². The van der Waals surface area contributed by atoms with Crippen molar-refractivity contribution in [2.75, 3.05) is 10.6 Å². The van der Waals surface area contributed by atoms with E-state index in [1.54, 1.807) is 62.4 Å². The number of ether oxygens (including phenoxy) is 2. The van der Waals surface area contributed by atoms with Crippen LogP contribution in [0.2, 0.25) is 0 Å². The van der Waals surface area contributed by atoms with Crippen molar-refractivity contribution in [2.45, 2.75) is 26.1 Å². The summed E-state index contributed by atoms with van der Waals surface area (Å²) in [6.07, 6.45) is -1.30. The number of rotatable bonds is 8. The predicted octanol–water partition coefficient (Wildman–Crippen LogP) is 4.50. The largest absolute Gasteiger partial charge is 0.481 e. The van der Waals surface area contributed by atoms with Gasteiger partial charge in [-0.05, 0) is 62.4 Å². The normalized spacial score (nSPS) is 12.3. The minimum absolute atomic E-state index is 0.263. The summed E-state index contributed by atoms with van der Waals surface area (Å²) in [4.78, 5) is 24.6. The van der Waals surface area contributed by atoms with E-state index >= 15 is 0 Å². The number of hydrogen-bond donors (Lipinski definition) is 2. The van der Waals surface area contributed by atoms with E-state index in [1.807, 2.05) is 36.4 Å². The molecule has 3 aromatic rings. The lowest BCUT2D eigenvalue weighted by molar-refractivity contribution is -0.122. The minimum atomic E-state index is -0.650. The molecule has 0 aromatic heterocycles. The molecule has 2 N–H and O–H groups in total. The van der Waals surface area contributed by atoms with Crippen molar-refractivity contribution in [3.05, 3.63) is 84.9 Å². The van der Waals surface area contributed by atoms with Gasteiger partial charge in [-0.15, -0.1) is 0 Å². The van der Waals surface area contributed by atoms with Crippen molar-refractivity contribution in [3.63, 3.8) is 0 Å². The Labute approximate surface area is 175 Å². The summed E-state index contributed by atoms with van der Waals surface area (Å²) in [6, 6.07) is 25.2. The second-order valence-corrected chi connectivity index (χ2v) is 6.70. The lowest BCUT2D eigenvalue weighted by atomic mass is 10.2. The van der Waals surface area contributed by atoms with E-state index in [0.717, 1.165) is 0 Å². The quantitative estimate of drug-likeness (QED) is 0.580. The van der Waals surface area contributed by atoms with Gasteiger partial charge in [0.25, 0.3) is 11.8 Å². The lowest BCUT2D eigenvalue weighted by Gasteiger charge is -2.16. The number of hydrogen-bond acceptors (Lipinski definition) is 4. The number of benzene rings is 3. The Morgan fingerprint density at radius 3 is 1.27 bits per heavy atom. The molecule has 6 heteroatoms. The predicted molar refractivity (Wildman–Crippen MR) is 117 cm³/mol. The van der Waals surface area contributed by atoms with Crippen LogP contribution in [0.4, 0.5) is 11.4 Å². The molecule has 154 valence electrons. The van der Waals surface area contributed by atoms with Gasteiger partial charge in [0, 0.05) is 11.4 Å². The molecule has 0 fully saturated rings. The third-order valence-corrected chi connectivity index (χ3v) is 4.27. The number of nitrogens with one attached hydrogen (secondary N) is 2. The van der Waals surface area contributed by atoms with Gasteiger partial charge in [-0.2, -0.15) is 0 Å². The van der Waals surface area contributed by atoms with E-state index in [2.05, 4.69) is 10.6 Å². The first-order valence-electron chi connectivity index (χ1n) is 9.66. The van der Waals surface area contributed by atoms with Crippen LogP contribution in [0.15, 0.2) is 84.9 Å². The molecule has 0 saturated heterocycles. The Bertz CT molecular complexity index is 879. The van der Waals surface area contributed by atoms with Crippen LogP contribution in [0.25, 0.3) is 0 Å². The molecule has 0 saturated carbocycles. The van der Waals surface area contributed by atoms with E-state index in [9.17, 15) is 9.59 Å². The second-order valence-electron chi connectivity index (χ2n) is 6.70. The molecule has 2 amide bonds. The average Bonchev–Trinajstić information content (AvgIpc) is 2.76. The molecule has 0 unspecified atom stereocenters. The molecule has 0 aliphatic rings. The second kappa shape index (κ2) is 10.1. The fourth-order valence-electron chi connectivity index (χ4n) is 2.64. The number of carbonyl (C=O) groups is 2. The van der Waals surface area contributed by atoms with Crippen LogP contribution < -0.4 is 20.1 Å². The minimum Gasteiger partial charge on any atom is -0.481 e. The highest BCUT2D eigenvalue weighted by Crippen LogP contribution is 2.17. The zero-order valence-corrected chi connectivity index (χ0v) is 16.9. The molecule has 0 spiro atoms. The van der Waals surface area contributed by atoms with Gasteiger partial charge >= 0.3 is 0 Å². The first-order chi connectivity index (χ1) is 14.5. The van der Waals surface area contributed by atoms with Gasteiger partial charge in [0.2, 0.25) is 0 Å². The molecule has 0 heterocycles. The zero-order valence-electron chi connectivity index (χ0n) is 16.9. The summed E-state index contributed by atoms with van der Waals surface area (Å²) in [6.45, 7) is 3.37. The van der Waals surface area contributed by atoms with Crippen LogP contribution in [0.1, 0.15) is 13.8 Å². The van der Waals surface area contributed by atoms with Gasteiger partial charge < -0.3 is 20.1 Å². The van der Waals surface area contributed by atoms with Crippen molar-refractivity contribution < 1.29 is 19.1 Å². The topological polar surface area (TPSA) is 76.7 Å². The zero-order chi connectivity index (χ0) is 21.3. The summed E-state index contributed by atoms with van der Waals surface area (Å²) >= 11 is 0. The van der Waals surface area contributed by atoms with Crippen molar-refractivity contribution in [2.24, 2.45) is 0 Å². The number of anilines is 2. The molecule has 2 atom stereocenters. The molecule has 3 rings (SSSR count). The maximum absolute atomic E-state index is 12.3. The maximum atomic E-state index is 12.3. The molecular weight excluding hydrogens is 380 g/mol. The smallest absolute Gasteiger partial charge is 0.265 e. The molecular formula is C24H24N2O4. The fourth-order valence-corrected chi connectivity index (χ4v) is 2.64. The summed E-state index contributed by atoms with van der Waals surface area (Å²) in [5.74, 6) is 0.733. The molecule has 0 aliphatic carbocycles. The molecule has 0 radical (unpaired) electrons. The number of carbonyl (C=O) groups excluding carboxylic acids is 2. The Balaban J connectivity index is 1.50. The van der Waals surface area contributed by atoms with Crippen molar-refractivity contribution in [3.8, 4) is 11.5 Å². The van der Waals surface area contributed by atoms with Gasteiger partial charge in [-0.25, -0.2) is 0 Å². The van der Waals surface area contributed by atoms with Crippen molar-refractivity contribution >= 4 is 23.2 Å². The van der Waals surface area contributed by atoms with Gasteiger partial charge in [-0.1, -0.05) is 36.4 Å². The maximum Gasteiger partial charge on any atom is 0.265 e. The van der Waals surface area contributed by atoms with E-state index in [0.29, 0.717) is 22.9 Å². The van der Waals surface area contributed by atoms with Crippen molar-refractivity contribution in [1.82, 2.24) is 0 Å². The molecule has 30 heavy (non-hydrogen) atoms. The van der Waals surface area contributed by atoms with E-state index in [-0.39, 0.29) is 11.8 Å². The standard InChI is InChI=1S/C24H24N2O4/c1-17(29-21-9-5-3-6-10-21)23(27)25-19-13-15-20(16-14-19)26-24(28)18(2)30-22-11-7-4-8-12-22/h3-18H,1-2H3,(H,25,27)(H,26,28)/t17-,18+.